The molecule has 0 atom stereocenters. The van der Waals surface area contributed by atoms with Crippen molar-refractivity contribution in [3.8, 4) is 0 Å². The van der Waals surface area contributed by atoms with Crippen LogP contribution < -0.4 is 10.6 Å². The fraction of sp³-hybridized carbons (Fsp3) is 0.529. The van der Waals surface area contributed by atoms with Crippen molar-refractivity contribution < 1.29 is 9.59 Å². The summed E-state index contributed by atoms with van der Waals surface area (Å²) >= 11 is 5.96. The van der Waals surface area contributed by atoms with Crippen LogP contribution >= 0.6 is 11.6 Å². The molecule has 1 aromatic carbocycles. The lowest BCUT2D eigenvalue weighted by atomic mass is 9.97. The molecule has 0 radical (unpaired) electrons. The van der Waals surface area contributed by atoms with Crippen LogP contribution in [0.2, 0.25) is 5.02 Å². The maximum atomic E-state index is 12.0. The minimum atomic E-state index is -0.321. The first-order valence-electron chi connectivity index (χ1n) is 7.99. The molecule has 120 valence electrons. The number of halogens is 1. The van der Waals surface area contributed by atoms with E-state index in [-0.39, 0.29) is 24.4 Å². The summed E-state index contributed by atoms with van der Waals surface area (Å²) in [4.78, 5) is 24.0. The summed E-state index contributed by atoms with van der Waals surface area (Å²) in [5.74, 6) is -0.454. The van der Waals surface area contributed by atoms with E-state index in [1.807, 2.05) is 0 Å². The molecule has 4 nitrogen and oxygen atoms in total. The second kappa shape index (κ2) is 8.79. The fourth-order valence-electron chi connectivity index (χ4n) is 2.78. The monoisotopic (exact) mass is 322 g/mol. The van der Waals surface area contributed by atoms with E-state index < -0.39 is 0 Å². The highest BCUT2D eigenvalue weighted by atomic mass is 35.5. The van der Waals surface area contributed by atoms with Crippen molar-refractivity contribution in [2.24, 2.45) is 0 Å². The van der Waals surface area contributed by atoms with Crippen LogP contribution in [0.15, 0.2) is 24.3 Å². The first kappa shape index (κ1) is 16.8. The van der Waals surface area contributed by atoms with Gasteiger partial charge in [-0.05, 0) is 25.0 Å². The molecule has 0 unspecified atom stereocenters. The summed E-state index contributed by atoms with van der Waals surface area (Å²) in [5.41, 5.74) is 0.392. The topological polar surface area (TPSA) is 58.2 Å². The molecular formula is C17H23ClN2O2. The van der Waals surface area contributed by atoms with Crippen LogP contribution in [-0.2, 0) is 4.79 Å². The van der Waals surface area contributed by atoms with Crippen molar-refractivity contribution in [2.45, 2.75) is 51.0 Å². The SMILES string of the molecule is O=C(CNC(=O)c1ccccc1Cl)NC1CCCCCCC1. The molecule has 2 amide bonds. The van der Waals surface area contributed by atoms with Crippen LogP contribution in [0.3, 0.4) is 0 Å². The van der Waals surface area contributed by atoms with Crippen LogP contribution in [-0.4, -0.2) is 24.4 Å². The van der Waals surface area contributed by atoms with Gasteiger partial charge in [-0.2, -0.15) is 0 Å². The molecule has 0 spiro atoms. The lowest BCUT2D eigenvalue weighted by molar-refractivity contribution is -0.120. The third-order valence-electron chi connectivity index (χ3n) is 4.00. The number of carbonyl (C=O) groups is 2. The molecule has 1 aromatic rings. The van der Waals surface area contributed by atoms with Crippen molar-refractivity contribution in [1.82, 2.24) is 10.6 Å². The smallest absolute Gasteiger partial charge is 0.253 e. The average Bonchev–Trinajstić information content (AvgIpc) is 2.48. The summed E-state index contributed by atoms with van der Waals surface area (Å²) in [6.07, 6.45) is 8.18. The quantitative estimate of drug-likeness (QED) is 0.893. The van der Waals surface area contributed by atoms with Gasteiger partial charge in [0.15, 0.2) is 0 Å². The summed E-state index contributed by atoms with van der Waals surface area (Å²) in [6.45, 7) is -0.0133. The molecule has 1 aliphatic carbocycles. The zero-order chi connectivity index (χ0) is 15.8. The Bertz CT molecular complexity index is 511. The van der Waals surface area contributed by atoms with Crippen molar-refractivity contribution in [3.05, 3.63) is 34.9 Å². The second-order valence-electron chi connectivity index (χ2n) is 5.77. The van der Waals surface area contributed by atoms with E-state index in [1.54, 1.807) is 24.3 Å². The molecule has 0 aliphatic heterocycles. The molecule has 0 heterocycles. The Morgan fingerprint density at radius 2 is 1.68 bits per heavy atom. The largest absolute Gasteiger partial charge is 0.352 e. The number of amides is 2. The maximum Gasteiger partial charge on any atom is 0.253 e. The van der Waals surface area contributed by atoms with Gasteiger partial charge in [0.05, 0.1) is 17.1 Å². The standard InChI is InChI=1S/C17H23ClN2O2/c18-15-11-7-6-10-14(15)17(22)19-12-16(21)20-13-8-4-2-1-3-5-9-13/h6-7,10-11,13H,1-5,8-9,12H2,(H,19,22)(H,20,21). The van der Waals surface area contributed by atoms with E-state index in [4.69, 9.17) is 11.6 Å². The lowest BCUT2D eigenvalue weighted by Crippen LogP contribution is -2.42. The van der Waals surface area contributed by atoms with E-state index in [1.165, 1.54) is 19.3 Å². The third-order valence-corrected chi connectivity index (χ3v) is 4.33. The summed E-state index contributed by atoms with van der Waals surface area (Å²) in [7, 11) is 0. The number of hydrogen-bond donors (Lipinski definition) is 2. The van der Waals surface area contributed by atoms with Gasteiger partial charge in [0.2, 0.25) is 5.91 Å². The van der Waals surface area contributed by atoms with Crippen molar-refractivity contribution in [1.29, 1.82) is 0 Å². The van der Waals surface area contributed by atoms with Gasteiger partial charge in [0, 0.05) is 6.04 Å². The van der Waals surface area contributed by atoms with Crippen molar-refractivity contribution in [2.75, 3.05) is 6.54 Å². The maximum absolute atomic E-state index is 12.0. The molecule has 1 saturated carbocycles. The van der Waals surface area contributed by atoms with Crippen LogP contribution in [0.25, 0.3) is 0 Å². The van der Waals surface area contributed by atoms with Crippen LogP contribution in [0.5, 0.6) is 0 Å². The van der Waals surface area contributed by atoms with Crippen LogP contribution in [0.1, 0.15) is 55.3 Å². The Kier molecular flexibility index (Phi) is 6.72. The van der Waals surface area contributed by atoms with E-state index in [0.29, 0.717) is 10.6 Å². The van der Waals surface area contributed by atoms with Crippen molar-refractivity contribution in [3.63, 3.8) is 0 Å². The Morgan fingerprint density at radius 3 is 2.36 bits per heavy atom. The first-order chi connectivity index (χ1) is 10.7. The Labute approximate surface area is 136 Å². The lowest BCUT2D eigenvalue weighted by Gasteiger charge is -2.21. The zero-order valence-electron chi connectivity index (χ0n) is 12.7. The average molecular weight is 323 g/mol. The van der Waals surface area contributed by atoms with Gasteiger partial charge in [0.1, 0.15) is 0 Å². The van der Waals surface area contributed by atoms with Gasteiger partial charge in [-0.3, -0.25) is 9.59 Å². The predicted octanol–water partition coefficient (Wildman–Crippen LogP) is 3.30. The van der Waals surface area contributed by atoms with E-state index in [0.717, 1.165) is 25.7 Å². The first-order valence-corrected chi connectivity index (χ1v) is 8.36. The number of hydrogen-bond acceptors (Lipinski definition) is 2. The van der Waals surface area contributed by atoms with Gasteiger partial charge in [0.25, 0.3) is 5.91 Å². The Hall–Kier alpha value is -1.55. The number of rotatable bonds is 4. The third kappa shape index (κ3) is 5.34. The minimum Gasteiger partial charge on any atom is -0.352 e. The molecule has 0 aromatic heterocycles. The Balaban J connectivity index is 1.77. The minimum absolute atomic E-state index is 0.0133. The van der Waals surface area contributed by atoms with Crippen LogP contribution in [0, 0.1) is 0 Å². The molecule has 1 fully saturated rings. The molecule has 0 bridgehead atoms. The van der Waals surface area contributed by atoms with Gasteiger partial charge >= 0.3 is 0 Å². The molecule has 2 rings (SSSR count). The summed E-state index contributed by atoms with van der Waals surface area (Å²) in [5, 5.41) is 6.03. The molecule has 22 heavy (non-hydrogen) atoms. The summed E-state index contributed by atoms with van der Waals surface area (Å²) in [6, 6.07) is 7.05. The van der Waals surface area contributed by atoms with E-state index >= 15 is 0 Å². The predicted molar refractivity (Wildman–Crippen MR) is 88.0 cm³/mol. The molecule has 2 N–H and O–H groups in total. The van der Waals surface area contributed by atoms with E-state index in [2.05, 4.69) is 10.6 Å². The Morgan fingerprint density at radius 1 is 1.05 bits per heavy atom. The van der Waals surface area contributed by atoms with Gasteiger partial charge in [-0.15, -0.1) is 0 Å². The molecule has 0 saturated heterocycles. The van der Waals surface area contributed by atoms with Crippen molar-refractivity contribution >= 4 is 23.4 Å². The molecular weight excluding hydrogens is 300 g/mol. The fourth-order valence-corrected chi connectivity index (χ4v) is 3.00. The number of carbonyl (C=O) groups excluding carboxylic acids is 2. The zero-order valence-corrected chi connectivity index (χ0v) is 13.5. The highest BCUT2D eigenvalue weighted by molar-refractivity contribution is 6.33. The highest BCUT2D eigenvalue weighted by Gasteiger charge is 2.15. The van der Waals surface area contributed by atoms with Crippen LogP contribution in [0.4, 0.5) is 0 Å². The molecule has 1 aliphatic rings. The summed E-state index contributed by atoms with van der Waals surface area (Å²) < 4.78 is 0. The second-order valence-corrected chi connectivity index (χ2v) is 6.18. The number of nitrogens with one attached hydrogen (secondary N) is 2. The van der Waals surface area contributed by atoms with Gasteiger partial charge in [-0.25, -0.2) is 0 Å². The molecule has 5 heteroatoms. The van der Waals surface area contributed by atoms with Gasteiger partial charge < -0.3 is 10.6 Å². The van der Waals surface area contributed by atoms with E-state index in [9.17, 15) is 9.59 Å². The number of benzene rings is 1. The van der Waals surface area contributed by atoms with Gasteiger partial charge in [-0.1, -0.05) is 55.8 Å². The normalized spacial score (nSPS) is 16.4. The highest BCUT2D eigenvalue weighted by Crippen LogP contribution is 2.17.